The van der Waals surface area contributed by atoms with Gasteiger partial charge in [0.05, 0.1) is 0 Å². The number of nitrogens with two attached hydrogens (primary N) is 1. The van der Waals surface area contributed by atoms with Crippen LogP contribution in [0.5, 0.6) is 0 Å². The molecular formula is C16H20N2. The Hall–Kier alpha value is -1.96. The van der Waals surface area contributed by atoms with Crippen molar-refractivity contribution in [3.05, 3.63) is 59.2 Å². The molecule has 0 fully saturated rings. The Morgan fingerprint density at radius 3 is 2.33 bits per heavy atom. The first-order valence-corrected chi connectivity index (χ1v) is 6.19. The molecule has 0 aliphatic heterocycles. The molecule has 0 aliphatic rings. The number of aryl methyl sites for hydroxylation is 2. The van der Waals surface area contributed by atoms with Gasteiger partial charge in [-0.2, -0.15) is 0 Å². The van der Waals surface area contributed by atoms with E-state index in [1.807, 2.05) is 12.1 Å². The van der Waals surface area contributed by atoms with Crippen molar-refractivity contribution in [2.45, 2.75) is 20.4 Å². The van der Waals surface area contributed by atoms with Crippen molar-refractivity contribution >= 4 is 11.4 Å². The van der Waals surface area contributed by atoms with Crippen molar-refractivity contribution in [2.75, 3.05) is 17.7 Å². The number of rotatable bonds is 3. The lowest BCUT2D eigenvalue weighted by atomic mass is 10.1. The van der Waals surface area contributed by atoms with Crippen LogP contribution in [0, 0.1) is 13.8 Å². The van der Waals surface area contributed by atoms with Crippen LogP contribution < -0.4 is 10.6 Å². The molecule has 0 spiro atoms. The van der Waals surface area contributed by atoms with Crippen molar-refractivity contribution in [1.82, 2.24) is 0 Å². The third-order valence-corrected chi connectivity index (χ3v) is 3.18. The van der Waals surface area contributed by atoms with Crippen LogP contribution in [0.25, 0.3) is 0 Å². The Balaban J connectivity index is 2.18. The molecule has 0 aromatic heterocycles. The Bertz CT molecular complexity index is 529. The highest BCUT2D eigenvalue weighted by atomic mass is 15.1. The molecule has 0 bridgehead atoms. The van der Waals surface area contributed by atoms with Gasteiger partial charge in [-0.3, -0.25) is 0 Å². The molecule has 2 rings (SSSR count). The molecule has 0 amide bonds. The molecule has 0 radical (unpaired) electrons. The van der Waals surface area contributed by atoms with Crippen molar-refractivity contribution in [1.29, 1.82) is 0 Å². The summed E-state index contributed by atoms with van der Waals surface area (Å²) in [5.41, 5.74) is 11.7. The van der Waals surface area contributed by atoms with E-state index in [9.17, 15) is 0 Å². The van der Waals surface area contributed by atoms with Crippen molar-refractivity contribution in [3.8, 4) is 0 Å². The highest BCUT2D eigenvalue weighted by Crippen LogP contribution is 2.23. The maximum Gasteiger partial charge on any atom is 0.0426 e. The summed E-state index contributed by atoms with van der Waals surface area (Å²) in [5.74, 6) is 0. The zero-order valence-corrected chi connectivity index (χ0v) is 11.3. The molecule has 2 aromatic rings. The van der Waals surface area contributed by atoms with Crippen LogP contribution in [0.2, 0.25) is 0 Å². The van der Waals surface area contributed by atoms with Crippen LogP contribution in [0.1, 0.15) is 16.7 Å². The van der Waals surface area contributed by atoms with E-state index in [2.05, 4.69) is 56.1 Å². The molecule has 18 heavy (non-hydrogen) atoms. The van der Waals surface area contributed by atoms with E-state index in [-0.39, 0.29) is 0 Å². The summed E-state index contributed by atoms with van der Waals surface area (Å²) in [5, 5.41) is 0. The molecule has 0 saturated heterocycles. The molecule has 2 nitrogen and oxygen atoms in total. The van der Waals surface area contributed by atoms with E-state index in [1.165, 1.54) is 22.4 Å². The zero-order chi connectivity index (χ0) is 13.1. The minimum Gasteiger partial charge on any atom is -0.399 e. The smallest absolute Gasteiger partial charge is 0.0426 e. The van der Waals surface area contributed by atoms with Crippen LogP contribution in [0.15, 0.2) is 42.5 Å². The highest BCUT2D eigenvalue weighted by molar-refractivity contribution is 5.60. The largest absolute Gasteiger partial charge is 0.399 e. The summed E-state index contributed by atoms with van der Waals surface area (Å²) in [6.07, 6.45) is 0. The molecule has 0 atom stereocenters. The Kier molecular flexibility index (Phi) is 3.56. The zero-order valence-electron chi connectivity index (χ0n) is 11.3. The lowest BCUT2D eigenvalue weighted by molar-refractivity contribution is 0.917. The van der Waals surface area contributed by atoms with Gasteiger partial charge in [0.2, 0.25) is 0 Å². The van der Waals surface area contributed by atoms with Gasteiger partial charge in [-0.25, -0.2) is 0 Å². The topological polar surface area (TPSA) is 29.3 Å². The predicted octanol–water partition coefficient (Wildman–Crippen LogP) is 3.52. The Labute approximate surface area is 109 Å². The maximum atomic E-state index is 5.85. The first kappa shape index (κ1) is 12.5. The van der Waals surface area contributed by atoms with Crippen LogP contribution in [0.3, 0.4) is 0 Å². The summed E-state index contributed by atoms with van der Waals surface area (Å²) < 4.78 is 0. The van der Waals surface area contributed by atoms with Crippen molar-refractivity contribution in [2.24, 2.45) is 0 Å². The number of anilines is 2. The predicted molar refractivity (Wildman–Crippen MR) is 78.9 cm³/mol. The monoisotopic (exact) mass is 240 g/mol. The fourth-order valence-corrected chi connectivity index (χ4v) is 2.09. The van der Waals surface area contributed by atoms with Gasteiger partial charge in [0.15, 0.2) is 0 Å². The highest BCUT2D eigenvalue weighted by Gasteiger charge is 2.05. The Morgan fingerprint density at radius 1 is 1.00 bits per heavy atom. The lowest BCUT2D eigenvalue weighted by Gasteiger charge is -2.22. The summed E-state index contributed by atoms with van der Waals surface area (Å²) in [7, 11) is 2.10. The third kappa shape index (κ3) is 2.83. The van der Waals surface area contributed by atoms with Gasteiger partial charge in [0.25, 0.3) is 0 Å². The number of nitrogen functional groups attached to an aromatic ring is 1. The second kappa shape index (κ2) is 5.13. The summed E-state index contributed by atoms with van der Waals surface area (Å²) in [6.45, 7) is 5.11. The molecule has 0 unspecified atom stereocenters. The van der Waals surface area contributed by atoms with Gasteiger partial charge >= 0.3 is 0 Å². The minimum absolute atomic E-state index is 0.811. The number of hydrogen-bond donors (Lipinski definition) is 1. The van der Waals surface area contributed by atoms with E-state index < -0.39 is 0 Å². The molecular weight excluding hydrogens is 220 g/mol. The standard InChI is InChI=1S/C16H20N2/c1-12-4-7-14(8-5-12)11-18(3)16-10-15(17)9-6-13(16)2/h4-10H,11,17H2,1-3H3. The quantitative estimate of drug-likeness (QED) is 0.832. The number of hydrogen-bond acceptors (Lipinski definition) is 2. The molecule has 2 heteroatoms. The van der Waals surface area contributed by atoms with Crippen LogP contribution in [-0.4, -0.2) is 7.05 Å². The van der Waals surface area contributed by atoms with Crippen LogP contribution in [0.4, 0.5) is 11.4 Å². The SMILES string of the molecule is Cc1ccc(CN(C)c2cc(N)ccc2C)cc1. The summed E-state index contributed by atoms with van der Waals surface area (Å²) in [4.78, 5) is 2.23. The fourth-order valence-electron chi connectivity index (χ4n) is 2.09. The second-order valence-electron chi connectivity index (χ2n) is 4.89. The average Bonchev–Trinajstić information content (AvgIpc) is 2.35. The van der Waals surface area contributed by atoms with Gasteiger partial charge in [-0.1, -0.05) is 35.9 Å². The van der Waals surface area contributed by atoms with Gasteiger partial charge in [0, 0.05) is 25.0 Å². The van der Waals surface area contributed by atoms with Crippen molar-refractivity contribution < 1.29 is 0 Å². The van der Waals surface area contributed by atoms with E-state index in [0.717, 1.165) is 12.2 Å². The minimum atomic E-state index is 0.811. The molecule has 0 aliphatic carbocycles. The van der Waals surface area contributed by atoms with Gasteiger partial charge in [-0.05, 0) is 37.1 Å². The molecule has 2 aromatic carbocycles. The number of benzene rings is 2. The number of nitrogens with zero attached hydrogens (tertiary/aromatic N) is 1. The second-order valence-corrected chi connectivity index (χ2v) is 4.89. The van der Waals surface area contributed by atoms with E-state index >= 15 is 0 Å². The summed E-state index contributed by atoms with van der Waals surface area (Å²) >= 11 is 0. The first-order chi connectivity index (χ1) is 8.56. The van der Waals surface area contributed by atoms with E-state index in [4.69, 9.17) is 5.73 Å². The fraction of sp³-hybridized carbons (Fsp3) is 0.250. The molecule has 0 heterocycles. The average molecular weight is 240 g/mol. The van der Waals surface area contributed by atoms with E-state index in [0.29, 0.717) is 0 Å². The molecule has 94 valence electrons. The molecule has 2 N–H and O–H groups in total. The third-order valence-electron chi connectivity index (χ3n) is 3.18. The van der Waals surface area contributed by atoms with Crippen molar-refractivity contribution in [3.63, 3.8) is 0 Å². The van der Waals surface area contributed by atoms with Gasteiger partial charge in [0.1, 0.15) is 0 Å². The van der Waals surface area contributed by atoms with Crippen LogP contribution in [-0.2, 0) is 6.54 Å². The van der Waals surface area contributed by atoms with Gasteiger partial charge in [-0.15, -0.1) is 0 Å². The summed E-state index contributed by atoms with van der Waals surface area (Å²) in [6, 6.07) is 14.7. The molecule has 0 saturated carbocycles. The first-order valence-electron chi connectivity index (χ1n) is 6.19. The van der Waals surface area contributed by atoms with E-state index in [1.54, 1.807) is 0 Å². The van der Waals surface area contributed by atoms with Gasteiger partial charge < -0.3 is 10.6 Å². The Morgan fingerprint density at radius 2 is 1.67 bits per heavy atom. The maximum absolute atomic E-state index is 5.85. The normalized spacial score (nSPS) is 10.4. The lowest BCUT2D eigenvalue weighted by Crippen LogP contribution is -2.17. The van der Waals surface area contributed by atoms with Crippen LogP contribution >= 0.6 is 0 Å².